The van der Waals surface area contributed by atoms with Crippen LogP contribution in [0.5, 0.6) is 0 Å². The van der Waals surface area contributed by atoms with Crippen LogP contribution >= 0.6 is 0 Å². The zero-order valence-corrected chi connectivity index (χ0v) is 12.1. The van der Waals surface area contributed by atoms with Gasteiger partial charge in [-0.1, -0.05) is 25.7 Å². The number of rotatable bonds is 3. The largest absolute Gasteiger partial charge is 0.481 e. The average Bonchev–Trinajstić information content (AvgIpc) is 3.07. The van der Waals surface area contributed by atoms with Crippen LogP contribution in [0.4, 0.5) is 0 Å². The van der Waals surface area contributed by atoms with Gasteiger partial charge in [-0.15, -0.1) is 10.2 Å². The molecule has 5 nitrogen and oxygen atoms in total. The fourth-order valence-electron chi connectivity index (χ4n) is 3.99. The van der Waals surface area contributed by atoms with E-state index in [4.69, 9.17) is 0 Å². The monoisotopic (exact) mass is 277 g/mol. The summed E-state index contributed by atoms with van der Waals surface area (Å²) in [6.07, 6.45) is 8.70. The van der Waals surface area contributed by atoms with E-state index < -0.39 is 5.97 Å². The van der Waals surface area contributed by atoms with Gasteiger partial charge in [0.15, 0.2) is 0 Å². The molecule has 0 amide bonds. The highest BCUT2D eigenvalue weighted by atomic mass is 16.4. The van der Waals surface area contributed by atoms with Gasteiger partial charge < -0.3 is 9.67 Å². The Morgan fingerprint density at radius 1 is 1.10 bits per heavy atom. The smallest absolute Gasteiger partial charge is 0.307 e. The Bertz CT molecular complexity index is 491. The quantitative estimate of drug-likeness (QED) is 0.922. The fraction of sp³-hybridized carbons (Fsp3) is 0.800. The van der Waals surface area contributed by atoms with Crippen molar-refractivity contribution in [2.24, 2.45) is 5.92 Å². The number of hydrogen-bond donors (Lipinski definition) is 1. The van der Waals surface area contributed by atoms with E-state index in [1.807, 2.05) is 6.92 Å². The first-order valence-corrected chi connectivity index (χ1v) is 7.82. The van der Waals surface area contributed by atoms with Crippen LogP contribution in [0.1, 0.15) is 75.0 Å². The van der Waals surface area contributed by atoms with E-state index in [-0.39, 0.29) is 11.8 Å². The zero-order valence-electron chi connectivity index (χ0n) is 12.1. The molecule has 1 aromatic rings. The van der Waals surface area contributed by atoms with E-state index in [0.717, 1.165) is 37.3 Å². The van der Waals surface area contributed by atoms with E-state index in [0.29, 0.717) is 6.04 Å². The highest BCUT2D eigenvalue weighted by Crippen LogP contribution is 2.40. The molecule has 20 heavy (non-hydrogen) atoms. The second kappa shape index (κ2) is 5.54. The number of carbonyl (C=O) groups is 1. The van der Waals surface area contributed by atoms with Crippen LogP contribution in [0, 0.1) is 12.8 Å². The first-order valence-electron chi connectivity index (χ1n) is 7.82. The van der Waals surface area contributed by atoms with Crippen molar-refractivity contribution in [1.29, 1.82) is 0 Å². The maximum atomic E-state index is 11.5. The Morgan fingerprint density at radius 3 is 2.45 bits per heavy atom. The summed E-state index contributed by atoms with van der Waals surface area (Å²) in [5, 5.41) is 18.1. The topological polar surface area (TPSA) is 68.0 Å². The lowest BCUT2D eigenvalue weighted by molar-refractivity contribution is -0.143. The lowest BCUT2D eigenvalue weighted by Gasteiger charge is -2.29. The molecule has 2 unspecified atom stereocenters. The van der Waals surface area contributed by atoms with E-state index in [1.54, 1.807) is 0 Å². The molecule has 2 aliphatic carbocycles. The minimum absolute atomic E-state index is 0.0445. The van der Waals surface area contributed by atoms with Crippen molar-refractivity contribution in [3.63, 3.8) is 0 Å². The summed E-state index contributed by atoms with van der Waals surface area (Å²) in [7, 11) is 0. The van der Waals surface area contributed by atoms with Crippen LogP contribution in [0.25, 0.3) is 0 Å². The van der Waals surface area contributed by atoms with Crippen molar-refractivity contribution in [3.8, 4) is 0 Å². The van der Waals surface area contributed by atoms with Crippen molar-refractivity contribution in [2.75, 3.05) is 0 Å². The van der Waals surface area contributed by atoms with Gasteiger partial charge in [-0.25, -0.2) is 0 Å². The number of aromatic nitrogens is 3. The minimum Gasteiger partial charge on any atom is -0.481 e. The second-order valence-corrected chi connectivity index (χ2v) is 6.25. The normalized spacial score (nSPS) is 27.9. The zero-order chi connectivity index (χ0) is 14.1. The molecule has 5 heteroatoms. The summed E-state index contributed by atoms with van der Waals surface area (Å²) in [5.41, 5.74) is 0. The lowest BCUT2D eigenvalue weighted by atomic mass is 9.78. The Hall–Kier alpha value is -1.39. The van der Waals surface area contributed by atoms with Gasteiger partial charge >= 0.3 is 5.97 Å². The number of aryl methyl sites for hydroxylation is 1. The molecule has 0 radical (unpaired) electrons. The number of carboxylic acids is 1. The molecule has 110 valence electrons. The molecule has 2 saturated carbocycles. The van der Waals surface area contributed by atoms with Gasteiger partial charge in [0.25, 0.3) is 0 Å². The van der Waals surface area contributed by atoms with Gasteiger partial charge in [0.2, 0.25) is 0 Å². The molecule has 3 rings (SSSR count). The Labute approximate surface area is 119 Å². The molecule has 0 bridgehead atoms. The van der Waals surface area contributed by atoms with Crippen LogP contribution in [0.2, 0.25) is 0 Å². The summed E-state index contributed by atoms with van der Waals surface area (Å²) in [5.74, 6) is 0.965. The summed E-state index contributed by atoms with van der Waals surface area (Å²) in [6, 6.07) is 0.483. The van der Waals surface area contributed by atoms with Gasteiger partial charge in [0.05, 0.1) is 5.92 Å². The molecule has 1 N–H and O–H groups in total. The number of aliphatic carboxylic acids is 1. The van der Waals surface area contributed by atoms with Gasteiger partial charge in [-0.2, -0.15) is 0 Å². The van der Waals surface area contributed by atoms with Crippen LogP contribution in [0.3, 0.4) is 0 Å². The van der Waals surface area contributed by atoms with E-state index in [1.165, 1.54) is 25.7 Å². The molecule has 2 aliphatic rings. The third-order valence-electron chi connectivity index (χ3n) is 5.00. The predicted octanol–water partition coefficient (Wildman–Crippen LogP) is 3.06. The minimum atomic E-state index is -0.673. The molecule has 2 atom stereocenters. The highest BCUT2D eigenvalue weighted by Gasteiger charge is 2.36. The van der Waals surface area contributed by atoms with Crippen molar-refractivity contribution in [3.05, 3.63) is 11.6 Å². The number of hydrogen-bond acceptors (Lipinski definition) is 3. The molecule has 0 saturated heterocycles. The SMILES string of the molecule is Cc1nnc(C2CCCCC2C(=O)O)n1C1CCCC1. The van der Waals surface area contributed by atoms with Crippen LogP contribution in [-0.4, -0.2) is 25.8 Å². The van der Waals surface area contributed by atoms with Crippen molar-refractivity contribution in [2.45, 2.75) is 70.3 Å². The summed E-state index contributed by atoms with van der Waals surface area (Å²) in [6.45, 7) is 1.99. The Morgan fingerprint density at radius 2 is 1.75 bits per heavy atom. The molecule has 0 spiro atoms. The summed E-state index contributed by atoms with van der Waals surface area (Å²) >= 11 is 0. The Balaban J connectivity index is 1.94. The average molecular weight is 277 g/mol. The van der Waals surface area contributed by atoms with E-state index in [2.05, 4.69) is 14.8 Å². The summed E-state index contributed by atoms with van der Waals surface area (Å²) < 4.78 is 2.25. The lowest BCUT2D eigenvalue weighted by Crippen LogP contribution is -2.28. The molecule has 0 aromatic carbocycles. The second-order valence-electron chi connectivity index (χ2n) is 6.25. The molecular weight excluding hydrogens is 254 g/mol. The molecular formula is C15H23N3O2. The molecule has 2 fully saturated rings. The van der Waals surface area contributed by atoms with Gasteiger partial charge in [-0.05, 0) is 32.6 Å². The van der Waals surface area contributed by atoms with Crippen molar-refractivity contribution >= 4 is 5.97 Å². The number of carboxylic acid groups (broad SMARTS) is 1. The molecule has 1 aromatic heterocycles. The van der Waals surface area contributed by atoms with Crippen LogP contribution < -0.4 is 0 Å². The highest BCUT2D eigenvalue weighted by molar-refractivity contribution is 5.71. The maximum Gasteiger partial charge on any atom is 0.307 e. The fourth-order valence-corrected chi connectivity index (χ4v) is 3.99. The van der Waals surface area contributed by atoms with Crippen LogP contribution in [-0.2, 0) is 4.79 Å². The first-order chi connectivity index (χ1) is 9.68. The van der Waals surface area contributed by atoms with Crippen molar-refractivity contribution < 1.29 is 9.90 Å². The molecule has 1 heterocycles. The predicted molar refractivity (Wildman–Crippen MR) is 74.6 cm³/mol. The maximum absolute atomic E-state index is 11.5. The van der Waals surface area contributed by atoms with Crippen LogP contribution in [0.15, 0.2) is 0 Å². The van der Waals surface area contributed by atoms with Crippen molar-refractivity contribution in [1.82, 2.24) is 14.8 Å². The van der Waals surface area contributed by atoms with E-state index in [9.17, 15) is 9.90 Å². The third kappa shape index (κ3) is 2.34. The number of nitrogens with zero attached hydrogens (tertiary/aromatic N) is 3. The van der Waals surface area contributed by atoms with Gasteiger partial charge in [0, 0.05) is 12.0 Å². The van der Waals surface area contributed by atoms with Gasteiger partial charge in [0.1, 0.15) is 11.6 Å². The standard InChI is InChI=1S/C15H23N3O2/c1-10-16-17-14(18(10)11-6-2-3-7-11)12-8-4-5-9-13(12)15(19)20/h11-13H,2-9H2,1H3,(H,19,20). The first kappa shape index (κ1) is 13.6. The molecule has 0 aliphatic heterocycles. The summed E-state index contributed by atoms with van der Waals surface area (Å²) in [4.78, 5) is 11.5. The Kier molecular flexibility index (Phi) is 3.76. The third-order valence-corrected chi connectivity index (χ3v) is 5.00. The van der Waals surface area contributed by atoms with E-state index >= 15 is 0 Å². The van der Waals surface area contributed by atoms with Gasteiger partial charge in [-0.3, -0.25) is 4.79 Å².